The van der Waals surface area contributed by atoms with Crippen molar-refractivity contribution in [2.24, 2.45) is 0 Å². The molecular weight excluding hydrogens is 829 g/mol. The molecule has 0 bridgehead atoms. The van der Waals surface area contributed by atoms with Gasteiger partial charge in [-0.15, -0.1) is 0 Å². The van der Waals surface area contributed by atoms with Gasteiger partial charge < -0.3 is 14.2 Å². The van der Waals surface area contributed by atoms with Gasteiger partial charge in [0.25, 0.3) is 0 Å². The lowest BCUT2D eigenvalue weighted by atomic mass is 10.0. The summed E-state index contributed by atoms with van der Waals surface area (Å²) in [5.41, 5.74) is 0. The lowest BCUT2D eigenvalue weighted by Crippen LogP contribution is -2.30. The predicted octanol–water partition coefficient (Wildman–Crippen LogP) is 19.2. The van der Waals surface area contributed by atoms with Crippen molar-refractivity contribution in [2.75, 3.05) is 13.2 Å². The number of unbranched alkanes of at least 4 members (excludes halogenated alkanes) is 31. The van der Waals surface area contributed by atoms with Gasteiger partial charge in [0, 0.05) is 19.3 Å². The Labute approximate surface area is 415 Å². The van der Waals surface area contributed by atoms with E-state index in [-0.39, 0.29) is 37.5 Å². The summed E-state index contributed by atoms with van der Waals surface area (Å²) in [5.74, 6) is -0.933. The number of carbonyl (C=O) groups is 3. The summed E-state index contributed by atoms with van der Waals surface area (Å²) in [5, 5.41) is 0. The van der Waals surface area contributed by atoms with Gasteiger partial charge in [-0.2, -0.15) is 0 Å². The average molecular weight is 938 g/mol. The van der Waals surface area contributed by atoms with E-state index < -0.39 is 6.10 Å². The molecule has 0 aromatic heterocycles. The van der Waals surface area contributed by atoms with Crippen molar-refractivity contribution in [3.8, 4) is 0 Å². The first-order chi connectivity index (χ1) is 33.0. The first-order valence-electron chi connectivity index (χ1n) is 28.8. The molecule has 0 radical (unpaired) electrons. The van der Waals surface area contributed by atoms with E-state index in [4.69, 9.17) is 14.2 Å². The van der Waals surface area contributed by atoms with Crippen LogP contribution in [0.1, 0.15) is 290 Å². The second-order valence-electron chi connectivity index (χ2n) is 19.2. The van der Waals surface area contributed by atoms with Crippen molar-refractivity contribution >= 4 is 17.9 Å². The van der Waals surface area contributed by atoms with Crippen molar-refractivity contribution in [3.05, 3.63) is 60.8 Å². The minimum absolute atomic E-state index is 0.0876. The third kappa shape index (κ3) is 53.9. The Morgan fingerprint density at radius 1 is 0.313 bits per heavy atom. The SMILES string of the molecule is CC/C=C\C/C=C\C/C=C\C/C=C\C/C=C\CCCC(=O)OCC(COC(=O)CCCCCCCCCCCCCCCCCC)OC(=O)CCCCCCCCCCCCCCCCCC. The first kappa shape index (κ1) is 64.1. The number of ether oxygens (including phenoxy) is 3. The van der Waals surface area contributed by atoms with Gasteiger partial charge in [0.15, 0.2) is 6.10 Å². The number of hydrogen-bond donors (Lipinski definition) is 0. The highest BCUT2D eigenvalue weighted by atomic mass is 16.6. The van der Waals surface area contributed by atoms with Gasteiger partial charge in [-0.05, 0) is 57.8 Å². The number of esters is 3. The zero-order chi connectivity index (χ0) is 48.6. The van der Waals surface area contributed by atoms with Crippen molar-refractivity contribution < 1.29 is 28.6 Å². The average Bonchev–Trinajstić information content (AvgIpc) is 3.33. The Morgan fingerprint density at radius 3 is 0.910 bits per heavy atom. The van der Waals surface area contributed by atoms with Gasteiger partial charge in [-0.25, -0.2) is 0 Å². The molecule has 0 amide bonds. The third-order valence-electron chi connectivity index (χ3n) is 12.5. The number of hydrogen-bond acceptors (Lipinski definition) is 6. The largest absolute Gasteiger partial charge is 0.462 e. The van der Waals surface area contributed by atoms with E-state index in [0.29, 0.717) is 19.3 Å². The molecule has 1 unspecified atom stereocenters. The summed E-state index contributed by atoms with van der Waals surface area (Å²) >= 11 is 0. The molecule has 0 aliphatic carbocycles. The van der Waals surface area contributed by atoms with Crippen LogP contribution in [0.4, 0.5) is 0 Å². The molecule has 1 atom stereocenters. The molecular formula is C61H108O6. The highest BCUT2D eigenvalue weighted by Gasteiger charge is 2.19. The van der Waals surface area contributed by atoms with Gasteiger partial charge in [0.1, 0.15) is 13.2 Å². The molecule has 0 saturated carbocycles. The minimum atomic E-state index is -0.793. The lowest BCUT2D eigenvalue weighted by Gasteiger charge is -2.18. The fourth-order valence-corrected chi connectivity index (χ4v) is 8.24. The molecule has 0 aliphatic rings. The molecule has 388 valence electrons. The van der Waals surface area contributed by atoms with Crippen LogP contribution in [0.2, 0.25) is 0 Å². The van der Waals surface area contributed by atoms with E-state index in [1.807, 2.05) is 0 Å². The molecule has 0 fully saturated rings. The molecule has 0 saturated heterocycles. The van der Waals surface area contributed by atoms with Crippen LogP contribution in [0.5, 0.6) is 0 Å². The van der Waals surface area contributed by atoms with E-state index in [9.17, 15) is 14.4 Å². The van der Waals surface area contributed by atoms with E-state index >= 15 is 0 Å². The Hall–Kier alpha value is -2.89. The molecule has 67 heavy (non-hydrogen) atoms. The summed E-state index contributed by atoms with van der Waals surface area (Å²) in [6.45, 7) is 6.52. The molecule has 0 heterocycles. The van der Waals surface area contributed by atoms with Crippen LogP contribution in [0, 0.1) is 0 Å². The van der Waals surface area contributed by atoms with Gasteiger partial charge in [0.05, 0.1) is 0 Å². The van der Waals surface area contributed by atoms with Crippen molar-refractivity contribution in [1.82, 2.24) is 0 Å². The summed E-state index contributed by atoms with van der Waals surface area (Å²) in [6.07, 6.45) is 69.3. The van der Waals surface area contributed by atoms with Crippen LogP contribution in [0.3, 0.4) is 0 Å². The topological polar surface area (TPSA) is 78.9 Å². The highest BCUT2D eigenvalue weighted by Crippen LogP contribution is 2.17. The third-order valence-corrected chi connectivity index (χ3v) is 12.5. The monoisotopic (exact) mass is 937 g/mol. The van der Waals surface area contributed by atoms with Crippen LogP contribution in [-0.4, -0.2) is 37.2 Å². The normalized spacial score (nSPS) is 12.5. The molecule has 0 aromatic carbocycles. The lowest BCUT2D eigenvalue weighted by molar-refractivity contribution is -0.167. The molecule has 0 rings (SSSR count). The van der Waals surface area contributed by atoms with Crippen LogP contribution >= 0.6 is 0 Å². The zero-order valence-electron chi connectivity index (χ0n) is 44.4. The molecule has 0 aliphatic heterocycles. The Balaban J connectivity index is 4.43. The minimum Gasteiger partial charge on any atom is -0.462 e. The van der Waals surface area contributed by atoms with E-state index in [1.54, 1.807) is 0 Å². The standard InChI is InChI=1S/C61H108O6/c1-4-7-10-13-16-19-22-25-28-31-34-36-39-42-45-48-51-54-60(63)66-57-58(67-61(64)55-52-49-46-43-40-37-33-30-27-24-21-18-15-12-9-6-3)56-65-59(62)53-50-47-44-41-38-35-32-29-26-23-20-17-14-11-8-5-2/h7,10,16,19,25,28,34,36,42,45,58H,4-6,8-9,11-15,17-18,20-24,26-27,29-33,35,37-41,43-44,46-57H2,1-3H3/b10-7-,19-16-,28-25-,36-34-,45-42-. The van der Waals surface area contributed by atoms with Crippen molar-refractivity contribution in [1.29, 1.82) is 0 Å². The van der Waals surface area contributed by atoms with Gasteiger partial charge in [0.2, 0.25) is 0 Å². The summed E-state index contributed by atoms with van der Waals surface area (Å²) in [4.78, 5) is 38.1. The highest BCUT2D eigenvalue weighted by molar-refractivity contribution is 5.71. The summed E-state index contributed by atoms with van der Waals surface area (Å²) in [6, 6.07) is 0. The van der Waals surface area contributed by atoms with Crippen LogP contribution in [0.25, 0.3) is 0 Å². The second kappa shape index (κ2) is 55.7. The zero-order valence-corrected chi connectivity index (χ0v) is 44.4. The number of rotatable bonds is 52. The number of carbonyl (C=O) groups excluding carboxylic acids is 3. The van der Waals surface area contributed by atoms with E-state index in [0.717, 1.165) is 77.0 Å². The molecule has 0 spiro atoms. The van der Waals surface area contributed by atoms with E-state index in [2.05, 4.69) is 81.5 Å². The van der Waals surface area contributed by atoms with Gasteiger partial charge >= 0.3 is 17.9 Å². The van der Waals surface area contributed by atoms with Crippen LogP contribution in [0.15, 0.2) is 60.8 Å². The Kier molecular flexibility index (Phi) is 53.3. The smallest absolute Gasteiger partial charge is 0.306 e. The maximum atomic E-state index is 12.9. The maximum absolute atomic E-state index is 12.9. The Morgan fingerprint density at radius 2 is 0.582 bits per heavy atom. The summed E-state index contributed by atoms with van der Waals surface area (Å²) in [7, 11) is 0. The second-order valence-corrected chi connectivity index (χ2v) is 19.2. The molecule has 6 nitrogen and oxygen atoms in total. The van der Waals surface area contributed by atoms with E-state index in [1.165, 1.54) is 167 Å². The quantitative estimate of drug-likeness (QED) is 0.0262. The van der Waals surface area contributed by atoms with Crippen molar-refractivity contribution in [2.45, 2.75) is 297 Å². The van der Waals surface area contributed by atoms with Crippen LogP contribution in [-0.2, 0) is 28.6 Å². The van der Waals surface area contributed by atoms with Crippen LogP contribution < -0.4 is 0 Å². The van der Waals surface area contributed by atoms with Gasteiger partial charge in [-0.1, -0.05) is 274 Å². The number of allylic oxidation sites excluding steroid dienone is 10. The fourth-order valence-electron chi connectivity index (χ4n) is 8.24. The Bertz CT molecular complexity index is 1210. The molecule has 6 heteroatoms. The van der Waals surface area contributed by atoms with Gasteiger partial charge in [-0.3, -0.25) is 14.4 Å². The van der Waals surface area contributed by atoms with Crippen molar-refractivity contribution in [3.63, 3.8) is 0 Å². The first-order valence-corrected chi connectivity index (χ1v) is 28.8. The molecule has 0 N–H and O–H groups in total. The fraction of sp³-hybridized carbons (Fsp3) is 0.787. The maximum Gasteiger partial charge on any atom is 0.306 e. The summed E-state index contributed by atoms with van der Waals surface area (Å²) < 4.78 is 16.8. The predicted molar refractivity (Wildman–Crippen MR) is 288 cm³/mol. The molecule has 0 aromatic rings.